The van der Waals surface area contributed by atoms with Gasteiger partial charge in [-0.05, 0) is 49.0 Å². The van der Waals surface area contributed by atoms with Crippen LogP contribution in [0.2, 0.25) is 5.02 Å². The zero-order valence-corrected chi connectivity index (χ0v) is 15.4. The third-order valence-electron chi connectivity index (χ3n) is 3.74. The first kappa shape index (κ1) is 19.2. The smallest absolute Gasteiger partial charge is 0.417 e. The van der Waals surface area contributed by atoms with Crippen molar-refractivity contribution >= 4 is 51.3 Å². The maximum Gasteiger partial charge on any atom is 0.417 e. The number of aryl methyl sites for hydroxylation is 1. The average Bonchev–Trinajstić information content (AvgIpc) is 2.56. The molecule has 9 heteroatoms. The van der Waals surface area contributed by atoms with Gasteiger partial charge in [0.1, 0.15) is 5.58 Å². The Labute approximate surface area is 161 Å². The molecule has 0 bridgehead atoms. The highest BCUT2D eigenvalue weighted by atomic mass is 35.5. The van der Waals surface area contributed by atoms with Crippen LogP contribution < -0.4 is 16.3 Å². The van der Waals surface area contributed by atoms with E-state index in [9.17, 15) is 18.0 Å². The number of rotatable bonds is 2. The molecule has 2 aromatic carbocycles. The minimum atomic E-state index is -4.66. The van der Waals surface area contributed by atoms with Crippen LogP contribution in [0, 0.1) is 6.92 Å². The molecule has 0 aliphatic rings. The Morgan fingerprint density at radius 1 is 1.07 bits per heavy atom. The van der Waals surface area contributed by atoms with Gasteiger partial charge in [-0.25, -0.2) is 4.79 Å². The van der Waals surface area contributed by atoms with E-state index < -0.39 is 17.4 Å². The molecular formula is C18H12ClF3N2O2S. The quantitative estimate of drug-likeness (QED) is 0.425. The van der Waals surface area contributed by atoms with Crippen LogP contribution in [0.5, 0.6) is 0 Å². The van der Waals surface area contributed by atoms with Crippen LogP contribution in [-0.4, -0.2) is 5.11 Å². The monoisotopic (exact) mass is 412 g/mol. The first-order chi connectivity index (χ1) is 12.6. The second-order valence-corrected chi connectivity index (χ2v) is 6.55. The van der Waals surface area contributed by atoms with Crippen LogP contribution in [0.15, 0.2) is 51.7 Å². The van der Waals surface area contributed by atoms with E-state index in [4.69, 9.17) is 28.2 Å². The molecule has 4 nitrogen and oxygen atoms in total. The third-order valence-corrected chi connectivity index (χ3v) is 4.35. The molecule has 2 N–H and O–H groups in total. The van der Waals surface area contributed by atoms with E-state index in [1.165, 1.54) is 18.2 Å². The summed E-state index contributed by atoms with van der Waals surface area (Å²) in [6.45, 7) is 1.86. The maximum absolute atomic E-state index is 13.1. The molecule has 0 saturated heterocycles. The van der Waals surface area contributed by atoms with Crippen molar-refractivity contribution in [2.45, 2.75) is 13.1 Å². The van der Waals surface area contributed by atoms with Gasteiger partial charge in [-0.15, -0.1) is 0 Å². The Balaban J connectivity index is 1.86. The molecule has 0 unspecified atom stereocenters. The molecule has 0 aliphatic carbocycles. The highest BCUT2D eigenvalue weighted by Crippen LogP contribution is 2.34. The second-order valence-electron chi connectivity index (χ2n) is 5.73. The molecule has 0 amide bonds. The third kappa shape index (κ3) is 4.40. The van der Waals surface area contributed by atoms with Crippen molar-refractivity contribution < 1.29 is 17.6 Å². The molecule has 0 saturated carbocycles. The Morgan fingerprint density at radius 3 is 2.33 bits per heavy atom. The summed E-state index contributed by atoms with van der Waals surface area (Å²) in [5.74, 6) is 0. The fourth-order valence-corrected chi connectivity index (χ4v) is 2.86. The number of benzene rings is 2. The van der Waals surface area contributed by atoms with Gasteiger partial charge in [0.05, 0.1) is 5.56 Å². The lowest BCUT2D eigenvalue weighted by atomic mass is 10.1. The zero-order chi connectivity index (χ0) is 19.8. The Hall–Kier alpha value is -2.58. The summed E-state index contributed by atoms with van der Waals surface area (Å²) >= 11 is 11.2. The average molecular weight is 413 g/mol. The molecule has 1 aromatic heterocycles. The lowest BCUT2D eigenvalue weighted by Gasteiger charge is -2.13. The van der Waals surface area contributed by atoms with Gasteiger partial charge in [-0.2, -0.15) is 13.2 Å². The molecule has 0 spiro atoms. The normalized spacial score (nSPS) is 11.4. The van der Waals surface area contributed by atoms with Crippen molar-refractivity contribution in [3.05, 3.63) is 69.0 Å². The summed E-state index contributed by atoms with van der Waals surface area (Å²) in [4.78, 5) is 11.4. The fraction of sp³-hybridized carbons (Fsp3) is 0.111. The van der Waals surface area contributed by atoms with Crippen molar-refractivity contribution in [3.63, 3.8) is 0 Å². The number of fused-ring (bicyclic) bond motifs is 1. The summed E-state index contributed by atoms with van der Waals surface area (Å²) in [6.07, 6.45) is -4.66. The lowest BCUT2D eigenvalue weighted by Crippen LogP contribution is -2.19. The van der Waals surface area contributed by atoms with Crippen molar-refractivity contribution in [1.29, 1.82) is 0 Å². The van der Waals surface area contributed by atoms with Gasteiger partial charge in [-0.1, -0.05) is 17.7 Å². The van der Waals surface area contributed by atoms with E-state index in [-0.39, 0.29) is 16.1 Å². The number of hydrogen-bond acceptors (Lipinski definition) is 3. The fourth-order valence-electron chi connectivity index (χ4n) is 2.44. The molecular weight excluding hydrogens is 401 g/mol. The minimum Gasteiger partial charge on any atom is -0.423 e. The molecule has 3 aromatic rings. The molecule has 1 heterocycles. The Kier molecular flexibility index (Phi) is 5.12. The minimum absolute atomic E-state index is 0.194. The van der Waals surface area contributed by atoms with Crippen molar-refractivity contribution in [2.75, 3.05) is 10.6 Å². The number of halogens is 4. The van der Waals surface area contributed by atoms with Gasteiger partial charge in [0.15, 0.2) is 5.11 Å². The largest absolute Gasteiger partial charge is 0.423 e. The number of thiocarbonyl (C=S) groups is 1. The number of alkyl halides is 3. The van der Waals surface area contributed by atoms with E-state index in [2.05, 4.69) is 10.6 Å². The van der Waals surface area contributed by atoms with Gasteiger partial charge in [0, 0.05) is 33.9 Å². The summed E-state index contributed by atoms with van der Waals surface area (Å²) < 4.78 is 44.1. The maximum atomic E-state index is 13.1. The number of nitrogens with one attached hydrogen (secondary N) is 2. The van der Waals surface area contributed by atoms with Gasteiger partial charge in [0.2, 0.25) is 0 Å². The SMILES string of the molecule is Cc1ccc(NC(=S)Nc2ccc3c(C(F)(F)F)cc(=O)oc3c2)cc1Cl. The molecule has 140 valence electrons. The van der Waals surface area contributed by atoms with Gasteiger partial charge >= 0.3 is 11.8 Å². The van der Waals surface area contributed by atoms with Gasteiger partial charge < -0.3 is 15.1 Å². The summed E-state index contributed by atoms with van der Waals surface area (Å²) in [7, 11) is 0. The predicted octanol–water partition coefficient (Wildman–Crippen LogP) is 5.58. The van der Waals surface area contributed by atoms with Crippen molar-refractivity contribution in [3.8, 4) is 0 Å². The summed E-state index contributed by atoms with van der Waals surface area (Å²) in [6, 6.07) is 9.63. The molecule has 0 aliphatic heterocycles. The van der Waals surface area contributed by atoms with Crippen molar-refractivity contribution in [1.82, 2.24) is 0 Å². The van der Waals surface area contributed by atoms with Crippen LogP contribution in [0.3, 0.4) is 0 Å². The highest BCUT2D eigenvalue weighted by Gasteiger charge is 2.33. The second kappa shape index (κ2) is 7.21. The van der Waals surface area contributed by atoms with Crippen LogP contribution in [0.1, 0.15) is 11.1 Å². The van der Waals surface area contributed by atoms with Crippen LogP contribution in [-0.2, 0) is 6.18 Å². The zero-order valence-electron chi connectivity index (χ0n) is 13.8. The Bertz CT molecular complexity index is 1100. The number of hydrogen-bond donors (Lipinski definition) is 2. The standard InChI is InChI=1S/C18H12ClF3N2O2S/c1-9-2-3-10(6-14(9)19)23-17(27)24-11-4-5-12-13(18(20,21)22)8-16(25)26-15(12)7-11/h2-8H,1H3,(H2,23,24,27). The summed E-state index contributed by atoms with van der Waals surface area (Å²) in [5, 5.41) is 6.30. The van der Waals surface area contributed by atoms with E-state index in [1.807, 2.05) is 13.0 Å². The Morgan fingerprint density at radius 2 is 1.70 bits per heavy atom. The van der Waals surface area contributed by atoms with Crippen LogP contribution in [0.25, 0.3) is 11.0 Å². The number of anilines is 2. The van der Waals surface area contributed by atoms with Crippen molar-refractivity contribution in [2.24, 2.45) is 0 Å². The van der Waals surface area contributed by atoms with E-state index in [0.29, 0.717) is 22.5 Å². The molecule has 0 radical (unpaired) electrons. The first-order valence-corrected chi connectivity index (χ1v) is 8.41. The van der Waals surface area contributed by atoms with Crippen LogP contribution >= 0.6 is 23.8 Å². The molecule has 27 heavy (non-hydrogen) atoms. The van der Waals surface area contributed by atoms with E-state index in [0.717, 1.165) is 5.56 Å². The predicted molar refractivity (Wildman–Crippen MR) is 104 cm³/mol. The van der Waals surface area contributed by atoms with E-state index >= 15 is 0 Å². The van der Waals surface area contributed by atoms with Gasteiger partial charge in [0.25, 0.3) is 0 Å². The lowest BCUT2D eigenvalue weighted by molar-refractivity contribution is -0.136. The first-order valence-electron chi connectivity index (χ1n) is 7.63. The highest BCUT2D eigenvalue weighted by molar-refractivity contribution is 7.80. The molecule has 0 fully saturated rings. The molecule has 3 rings (SSSR count). The van der Waals surface area contributed by atoms with E-state index in [1.54, 1.807) is 12.1 Å². The van der Waals surface area contributed by atoms with Gasteiger partial charge in [-0.3, -0.25) is 0 Å². The topological polar surface area (TPSA) is 54.3 Å². The molecule has 0 atom stereocenters. The summed E-state index contributed by atoms with van der Waals surface area (Å²) in [5.41, 5.74) is -0.403. The van der Waals surface area contributed by atoms with Crippen LogP contribution in [0.4, 0.5) is 24.5 Å².